The van der Waals surface area contributed by atoms with Crippen LogP contribution in [0.4, 0.5) is 0 Å². The van der Waals surface area contributed by atoms with Crippen molar-refractivity contribution in [1.82, 2.24) is 20.1 Å². The van der Waals surface area contributed by atoms with E-state index in [1.54, 1.807) is 11.1 Å². The van der Waals surface area contributed by atoms with E-state index in [4.69, 9.17) is 9.15 Å². The molecule has 7 nitrogen and oxygen atoms in total. The van der Waals surface area contributed by atoms with E-state index in [-0.39, 0.29) is 17.9 Å². The number of amides is 1. The van der Waals surface area contributed by atoms with Gasteiger partial charge in [-0.15, -0.1) is 21.5 Å². The van der Waals surface area contributed by atoms with Crippen LogP contribution in [-0.2, 0) is 11.2 Å². The Bertz CT molecular complexity index is 697. The molecule has 130 valence electrons. The summed E-state index contributed by atoms with van der Waals surface area (Å²) in [6, 6.07) is 0. The Labute approximate surface area is 145 Å². The molecule has 0 radical (unpaired) electrons. The minimum Gasteiger partial charge on any atom is -0.422 e. The molecule has 3 heterocycles. The van der Waals surface area contributed by atoms with Crippen LogP contribution < -0.4 is 0 Å². The number of aryl methyl sites for hydroxylation is 1. The van der Waals surface area contributed by atoms with Gasteiger partial charge in [0.2, 0.25) is 11.8 Å². The average Bonchev–Trinajstić information content (AvgIpc) is 3.24. The lowest BCUT2D eigenvalue weighted by atomic mass is 10.2. The van der Waals surface area contributed by atoms with Crippen LogP contribution in [-0.4, -0.2) is 45.7 Å². The van der Waals surface area contributed by atoms with Gasteiger partial charge in [0.1, 0.15) is 4.88 Å². The Morgan fingerprint density at radius 1 is 1.46 bits per heavy atom. The van der Waals surface area contributed by atoms with Gasteiger partial charge < -0.3 is 14.1 Å². The standard InChI is InChI=1S/C16H22N4O3S/c1-4-5-13-17-8-12(24-13)16(21)20-6-7-22-11(9-20)15-19-18-14(23-15)10(2)3/h8,10-11H,4-7,9H2,1-3H3/t11-/m1/s1. The van der Waals surface area contributed by atoms with Crippen molar-refractivity contribution in [1.29, 1.82) is 0 Å². The monoisotopic (exact) mass is 350 g/mol. The lowest BCUT2D eigenvalue weighted by molar-refractivity contribution is -0.0349. The fourth-order valence-corrected chi connectivity index (χ4v) is 3.47. The number of morpholine rings is 1. The summed E-state index contributed by atoms with van der Waals surface area (Å²) >= 11 is 1.47. The van der Waals surface area contributed by atoms with Crippen molar-refractivity contribution in [3.8, 4) is 0 Å². The summed E-state index contributed by atoms with van der Waals surface area (Å²) in [6.45, 7) is 7.52. The number of aromatic nitrogens is 3. The molecule has 3 rings (SSSR count). The van der Waals surface area contributed by atoms with Gasteiger partial charge in [-0.1, -0.05) is 20.8 Å². The predicted octanol–water partition coefficient (Wildman–Crippen LogP) is 2.82. The quantitative estimate of drug-likeness (QED) is 0.825. The Morgan fingerprint density at radius 2 is 2.29 bits per heavy atom. The molecule has 1 saturated heterocycles. The van der Waals surface area contributed by atoms with E-state index in [0.29, 0.717) is 36.4 Å². The molecule has 0 saturated carbocycles. The first-order valence-electron chi connectivity index (χ1n) is 8.27. The minimum absolute atomic E-state index is 0.00764. The molecule has 0 unspecified atom stereocenters. The molecule has 1 aliphatic rings. The van der Waals surface area contributed by atoms with Gasteiger partial charge in [0.05, 0.1) is 24.4 Å². The molecule has 0 aliphatic carbocycles. The van der Waals surface area contributed by atoms with Crippen molar-refractivity contribution >= 4 is 17.2 Å². The van der Waals surface area contributed by atoms with Crippen LogP contribution >= 0.6 is 11.3 Å². The molecule has 1 aliphatic heterocycles. The maximum absolute atomic E-state index is 12.7. The number of nitrogens with zero attached hydrogens (tertiary/aromatic N) is 4. The summed E-state index contributed by atoms with van der Waals surface area (Å²) in [4.78, 5) is 19.5. The first-order valence-corrected chi connectivity index (χ1v) is 9.09. The van der Waals surface area contributed by atoms with E-state index in [2.05, 4.69) is 22.1 Å². The van der Waals surface area contributed by atoms with Crippen molar-refractivity contribution in [2.45, 2.75) is 45.6 Å². The Morgan fingerprint density at radius 3 is 3.00 bits per heavy atom. The summed E-state index contributed by atoms with van der Waals surface area (Å²) < 4.78 is 11.4. The third-order valence-electron chi connectivity index (χ3n) is 3.81. The molecule has 0 aromatic carbocycles. The van der Waals surface area contributed by atoms with E-state index in [9.17, 15) is 4.79 Å². The SMILES string of the molecule is CCCc1ncc(C(=O)N2CCO[C@@H](c3nnc(C(C)C)o3)C2)s1. The van der Waals surface area contributed by atoms with E-state index < -0.39 is 0 Å². The van der Waals surface area contributed by atoms with Crippen LogP contribution in [0, 0.1) is 0 Å². The zero-order valence-corrected chi connectivity index (χ0v) is 15.0. The maximum atomic E-state index is 12.7. The molecule has 0 bridgehead atoms. The van der Waals surface area contributed by atoms with Crippen molar-refractivity contribution in [3.63, 3.8) is 0 Å². The maximum Gasteiger partial charge on any atom is 0.265 e. The smallest absolute Gasteiger partial charge is 0.265 e. The zero-order chi connectivity index (χ0) is 17.1. The molecule has 2 aromatic rings. The Balaban J connectivity index is 1.68. The van der Waals surface area contributed by atoms with Crippen molar-refractivity contribution in [3.05, 3.63) is 27.9 Å². The first kappa shape index (κ1) is 17.0. The molecule has 1 atom stereocenters. The highest BCUT2D eigenvalue weighted by molar-refractivity contribution is 7.13. The molecule has 0 N–H and O–H groups in total. The van der Waals surface area contributed by atoms with Gasteiger partial charge >= 0.3 is 0 Å². The molecule has 1 amide bonds. The lowest BCUT2D eigenvalue weighted by Gasteiger charge is -2.30. The minimum atomic E-state index is -0.370. The van der Waals surface area contributed by atoms with Crippen LogP contribution in [0.3, 0.4) is 0 Å². The predicted molar refractivity (Wildman–Crippen MR) is 89.1 cm³/mol. The molecular formula is C16H22N4O3S. The first-order chi connectivity index (χ1) is 11.6. The van der Waals surface area contributed by atoms with Crippen molar-refractivity contribution in [2.75, 3.05) is 19.7 Å². The number of ether oxygens (including phenoxy) is 1. The summed E-state index contributed by atoms with van der Waals surface area (Å²) in [6.07, 6.45) is 3.23. The molecule has 1 fully saturated rings. The van der Waals surface area contributed by atoms with Crippen LogP contribution in [0.5, 0.6) is 0 Å². The summed E-state index contributed by atoms with van der Waals surface area (Å²) in [7, 11) is 0. The van der Waals surface area contributed by atoms with Gasteiger partial charge in [0.25, 0.3) is 5.91 Å². The highest BCUT2D eigenvalue weighted by Crippen LogP contribution is 2.25. The van der Waals surface area contributed by atoms with E-state index >= 15 is 0 Å². The van der Waals surface area contributed by atoms with Crippen LogP contribution in [0.2, 0.25) is 0 Å². The molecule has 24 heavy (non-hydrogen) atoms. The second kappa shape index (κ2) is 7.40. The third kappa shape index (κ3) is 3.64. The largest absolute Gasteiger partial charge is 0.422 e. The second-order valence-electron chi connectivity index (χ2n) is 6.11. The Kier molecular flexibility index (Phi) is 5.25. The third-order valence-corrected chi connectivity index (χ3v) is 4.85. The topological polar surface area (TPSA) is 81.4 Å². The zero-order valence-electron chi connectivity index (χ0n) is 14.2. The van der Waals surface area contributed by atoms with Crippen LogP contribution in [0.1, 0.15) is 65.7 Å². The number of hydrogen-bond donors (Lipinski definition) is 0. The molecule has 0 spiro atoms. The molecule has 2 aromatic heterocycles. The summed E-state index contributed by atoms with van der Waals surface area (Å²) in [5.74, 6) is 1.18. The van der Waals surface area contributed by atoms with E-state index in [1.165, 1.54) is 11.3 Å². The fourth-order valence-electron chi connectivity index (χ4n) is 2.49. The fraction of sp³-hybridized carbons (Fsp3) is 0.625. The lowest BCUT2D eigenvalue weighted by Crippen LogP contribution is -2.42. The van der Waals surface area contributed by atoms with Gasteiger partial charge in [-0.05, 0) is 12.8 Å². The second-order valence-corrected chi connectivity index (χ2v) is 7.23. The Hall–Kier alpha value is -1.80. The number of thiazole rings is 1. The van der Waals surface area contributed by atoms with E-state index in [1.807, 2.05) is 13.8 Å². The van der Waals surface area contributed by atoms with Gasteiger partial charge in [-0.3, -0.25) is 4.79 Å². The van der Waals surface area contributed by atoms with Gasteiger partial charge in [0, 0.05) is 12.5 Å². The highest BCUT2D eigenvalue weighted by atomic mass is 32.1. The van der Waals surface area contributed by atoms with E-state index in [0.717, 1.165) is 17.8 Å². The normalized spacial score (nSPS) is 18.3. The average molecular weight is 350 g/mol. The number of carbonyl (C=O) groups excluding carboxylic acids is 1. The van der Waals surface area contributed by atoms with Gasteiger partial charge in [-0.2, -0.15) is 0 Å². The molecular weight excluding hydrogens is 328 g/mol. The van der Waals surface area contributed by atoms with Gasteiger partial charge in [-0.25, -0.2) is 4.98 Å². The molecule has 8 heteroatoms. The number of carbonyl (C=O) groups is 1. The van der Waals surface area contributed by atoms with Crippen LogP contribution in [0.25, 0.3) is 0 Å². The number of hydrogen-bond acceptors (Lipinski definition) is 7. The number of rotatable bonds is 5. The summed E-state index contributed by atoms with van der Waals surface area (Å²) in [5, 5.41) is 9.11. The van der Waals surface area contributed by atoms with Crippen molar-refractivity contribution < 1.29 is 13.9 Å². The van der Waals surface area contributed by atoms with Crippen molar-refractivity contribution in [2.24, 2.45) is 0 Å². The summed E-state index contributed by atoms with van der Waals surface area (Å²) in [5.41, 5.74) is 0. The van der Waals surface area contributed by atoms with Crippen LogP contribution in [0.15, 0.2) is 10.6 Å². The van der Waals surface area contributed by atoms with Gasteiger partial charge in [0.15, 0.2) is 6.10 Å². The highest BCUT2D eigenvalue weighted by Gasteiger charge is 2.30.